The van der Waals surface area contributed by atoms with Gasteiger partial charge in [-0.1, -0.05) is 41.7 Å². The van der Waals surface area contributed by atoms with Crippen LogP contribution in [0.3, 0.4) is 0 Å². The molecule has 0 spiro atoms. The Balaban J connectivity index is 1.71. The number of aromatic nitrogens is 2. The van der Waals surface area contributed by atoms with Crippen molar-refractivity contribution < 1.29 is 14.3 Å². The van der Waals surface area contributed by atoms with Crippen molar-refractivity contribution in [1.29, 1.82) is 0 Å². The first-order valence-corrected chi connectivity index (χ1v) is 14.4. The summed E-state index contributed by atoms with van der Waals surface area (Å²) in [4.78, 5) is 31.5. The van der Waals surface area contributed by atoms with Gasteiger partial charge < -0.3 is 9.47 Å². The SMILES string of the molecule is CC(=O)[C@@H](OC(C)(C)C)c1c(C)cc2c(sc(=O)n2Cc2ccccc2)c1-c1ccc2c3c(ccnc13)CCO2. The van der Waals surface area contributed by atoms with Crippen LogP contribution in [0.2, 0.25) is 0 Å². The van der Waals surface area contributed by atoms with Gasteiger partial charge in [-0.05, 0) is 75.6 Å². The molecule has 0 aliphatic carbocycles. The van der Waals surface area contributed by atoms with Crippen LogP contribution in [0.15, 0.2) is 65.6 Å². The number of fused-ring (bicyclic) bond motifs is 1. The molecule has 1 atom stereocenters. The number of benzene rings is 3. The summed E-state index contributed by atoms with van der Waals surface area (Å²) < 4.78 is 15.1. The monoisotopic (exact) mass is 552 g/mol. The van der Waals surface area contributed by atoms with E-state index in [1.807, 2.05) is 93.1 Å². The van der Waals surface area contributed by atoms with Crippen LogP contribution >= 0.6 is 11.3 Å². The molecule has 6 rings (SSSR count). The van der Waals surface area contributed by atoms with E-state index < -0.39 is 11.7 Å². The summed E-state index contributed by atoms with van der Waals surface area (Å²) in [5.41, 5.74) is 6.68. The van der Waals surface area contributed by atoms with Crippen LogP contribution in [0.25, 0.3) is 32.2 Å². The number of Topliss-reactive ketones (excluding diaryl/α,β-unsaturated/α-hetero) is 1. The molecule has 0 unspecified atom stereocenters. The van der Waals surface area contributed by atoms with Gasteiger partial charge in [-0.25, -0.2) is 0 Å². The van der Waals surface area contributed by atoms with Gasteiger partial charge in [0, 0.05) is 34.7 Å². The van der Waals surface area contributed by atoms with E-state index in [1.165, 1.54) is 16.9 Å². The molecule has 0 saturated heterocycles. The highest BCUT2D eigenvalue weighted by Gasteiger charge is 2.32. The summed E-state index contributed by atoms with van der Waals surface area (Å²) in [6.07, 6.45) is 1.83. The standard InChI is InChI=1S/C33H32N2O4S/c1-19-17-24-31(40-32(37)35(24)18-21-9-7-6-8-10-21)28(26(19)30(20(2)36)39-33(3,4)5)23-11-12-25-27-22(14-16-38-25)13-15-34-29(23)27/h6-13,15,17,30H,14,16,18H2,1-5H3/t30-/m1/s1. The van der Waals surface area contributed by atoms with E-state index in [0.29, 0.717) is 13.2 Å². The summed E-state index contributed by atoms with van der Waals surface area (Å²) in [5, 5.41) is 0.985. The Morgan fingerprint density at radius 1 is 1.15 bits per heavy atom. The molecule has 0 amide bonds. The number of thiazole rings is 1. The lowest BCUT2D eigenvalue weighted by Crippen LogP contribution is -2.27. The number of ether oxygens (including phenoxy) is 2. The molecule has 6 nitrogen and oxygen atoms in total. The third-order valence-corrected chi connectivity index (χ3v) is 8.34. The zero-order valence-electron chi connectivity index (χ0n) is 23.4. The number of aryl methyl sites for hydroxylation is 1. The summed E-state index contributed by atoms with van der Waals surface area (Å²) >= 11 is 1.21. The van der Waals surface area contributed by atoms with E-state index in [9.17, 15) is 9.59 Å². The largest absolute Gasteiger partial charge is 0.493 e. The highest BCUT2D eigenvalue weighted by molar-refractivity contribution is 7.17. The van der Waals surface area contributed by atoms with Crippen LogP contribution in [0.4, 0.5) is 0 Å². The van der Waals surface area contributed by atoms with Crippen LogP contribution in [0.1, 0.15) is 56.1 Å². The number of hydrogen-bond acceptors (Lipinski definition) is 6. The Morgan fingerprint density at radius 3 is 2.65 bits per heavy atom. The van der Waals surface area contributed by atoms with Gasteiger partial charge in [0.25, 0.3) is 0 Å². The second kappa shape index (κ2) is 9.98. The summed E-state index contributed by atoms with van der Waals surface area (Å²) in [7, 11) is 0. The summed E-state index contributed by atoms with van der Waals surface area (Å²) in [6.45, 7) is 10.5. The minimum atomic E-state index is -0.804. The number of ketones is 1. The van der Waals surface area contributed by atoms with Gasteiger partial charge >= 0.3 is 4.87 Å². The molecular formula is C33H32N2O4S. The van der Waals surface area contributed by atoms with E-state index in [4.69, 9.17) is 14.5 Å². The van der Waals surface area contributed by atoms with Crippen LogP contribution in [-0.4, -0.2) is 27.5 Å². The molecule has 7 heteroatoms. The van der Waals surface area contributed by atoms with Crippen molar-refractivity contribution in [2.45, 2.75) is 59.3 Å². The molecule has 3 heterocycles. The molecule has 204 valence electrons. The molecule has 40 heavy (non-hydrogen) atoms. The molecule has 3 aromatic carbocycles. The molecule has 0 N–H and O–H groups in total. The van der Waals surface area contributed by atoms with Crippen molar-refractivity contribution in [2.24, 2.45) is 0 Å². The van der Waals surface area contributed by atoms with Crippen LogP contribution in [-0.2, 0) is 22.5 Å². The minimum Gasteiger partial charge on any atom is -0.493 e. The topological polar surface area (TPSA) is 70.4 Å². The van der Waals surface area contributed by atoms with Crippen molar-refractivity contribution in [3.05, 3.63) is 92.7 Å². The minimum absolute atomic E-state index is 0.0493. The Morgan fingerprint density at radius 2 is 1.93 bits per heavy atom. The molecule has 1 aliphatic heterocycles. The van der Waals surface area contributed by atoms with Crippen molar-refractivity contribution in [3.63, 3.8) is 0 Å². The second-order valence-electron chi connectivity index (χ2n) is 11.4. The van der Waals surface area contributed by atoms with Gasteiger partial charge in [-0.2, -0.15) is 0 Å². The molecule has 0 fully saturated rings. The normalized spacial score (nSPS) is 13.9. The van der Waals surface area contributed by atoms with Crippen molar-refractivity contribution in [2.75, 3.05) is 6.61 Å². The molecule has 5 aromatic rings. The molecule has 2 aromatic heterocycles. The quantitative estimate of drug-likeness (QED) is 0.227. The fourth-order valence-electron chi connectivity index (χ4n) is 5.66. The fraction of sp³-hybridized carbons (Fsp3) is 0.303. The average Bonchev–Trinajstić information content (AvgIpc) is 3.22. The Bertz CT molecular complexity index is 1820. The van der Waals surface area contributed by atoms with E-state index in [1.54, 1.807) is 6.92 Å². The van der Waals surface area contributed by atoms with Gasteiger partial charge in [0.1, 0.15) is 11.9 Å². The van der Waals surface area contributed by atoms with Crippen molar-refractivity contribution in [1.82, 2.24) is 9.55 Å². The van der Waals surface area contributed by atoms with Crippen LogP contribution in [0.5, 0.6) is 5.75 Å². The van der Waals surface area contributed by atoms with Gasteiger partial charge in [0.2, 0.25) is 0 Å². The Kier molecular flexibility index (Phi) is 6.59. The third kappa shape index (κ3) is 4.63. The van der Waals surface area contributed by atoms with Gasteiger partial charge in [-0.15, -0.1) is 0 Å². The maximum atomic E-state index is 13.6. The number of rotatable bonds is 6. The third-order valence-electron chi connectivity index (χ3n) is 7.33. The van der Waals surface area contributed by atoms with E-state index in [-0.39, 0.29) is 10.7 Å². The van der Waals surface area contributed by atoms with Gasteiger partial charge in [0.15, 0.2) is 5.78 Å². The first-order chi connectivity index (χ1) is 19.1. The highest BCUT2D eigenvalue weighted by atomic mass is 32.1. The number of nitrogens with zero attached hydrogens (tertiary/aromatic N) is 2. The fourth-order valence-corrected chi connectivity index (χ4v) is 6.71. The van der Waals surface area contributed by atoms with Gasteiger partial charge in [0.05, 0.1) is 34.5 Å². The zero-order valence-corrected chi connectivity index (χ0v) is 24.2. The number of pyridine rings is 1. The smallest absolute Gasteiger partial charge is 0.308 e. The van der Waals surface area contributed by atoms with E-state index in [2.05, 4.69) is 0 Å². The molecule has 0 saturated carbocycles. The van der Waals surface area contributed by atoms with Crippen LogP contribution < -0.4 is 9.61 Å². The zero-order chi connectivity index (χ0) is 28.2. The Hall–Kier alpha value is -3.81. The van der Waals surface area contributed by atoms with Crippen molar-refractivity contribution in [3.8, 4) is 16.9 Å². The lowest BCUT2D eigenvalue weighted by atomic mass is 9.88. The Labute approximate surface area is 237 Å². The van der Waals surface area contributed by atoms with E-state index >= 15 is 0 Å². The first-order valence-electron chi connectivity index (χ1n) is 13.5. The van der Waals surface area contributed by atoms with Crippen molar-refractivity contribution >= 4 is 38.2 Å². The lowest BCUT2D eigenvalue weighted by molar-refractivity contribution is -0.138. The average molecular weight is 553 g/mol. The summed E-state index contributed by atoms with van der Waals surface area (Å²) in [5.74, 6) is 0.719. The van der Waals surface area contributed by atoms with Crippen LogP contribution in [0, 0.1) is 6.92 Å². The van der Waals surface area contributed by atoms with E-state index in [0.717, 1.165) is 61.1 Å². The molecule has 0 radical (unpaired) electrons. The molecular weight excluding hydrogens is 520 g/mol. The maximum Gasteiger partial charge on any atom is 0.308 e. The predicted octanol–water partition coefficient (Wildman–Crippen LogP) is 7.02. The predicted molar refractivity (Wildman–Crippen MR) is 161 cm³/mol. The van der Waals surface area contributed by atoms with Gasteiger partial charge in [-0.3, -0.25) is 19.1 Å². The summed E-state index contributed by atoms with van der Waals surface area (Å²) in [6, 6.07) is 18.0. The number of carbonyl (C=O) groups is 1. The molecule has 0 bridgehead atoms. The first kappa shape index (κ1) is 26.4. The lowest BCUT2D eigenvalue weighted by Gasteiger charge is -2.29. The number of carbonyl (C=O) groups excluding carboxylic acids is 1. The highest BCUT2D eigenvalue weighted by Crippen LogP contribution is 2.46. The number of hydrogen-bond donors (Lipinski definition) is 0. The second-order valence-corrected chi connectivity index (χ2v) is 12.4. The molecule has 1 aliphatic rings. The maximum absolute atomic E-state index is 13.6.